The zero-order valence-corrected chi connectivity index (χ0v) is 18.7. The number of alkyl halides is 2. The summed E-state index contributed by atoms with van der Waals surface area (Å²) >= 11 is 0. The van der Waals surface area contributed by atoms with Crippen molar-refractivity contribution in [2.24, 2.45) is 0 Å². The normalized spacial score (nSPS) is 16.0. The van der Waals surface area contributed by atoms with Crippen LogP contribution in [0.3, 0.4) is 0 Å². The van der Waals surface area contributed by atoms with E-state index < -0.39 is 16.6 Å². The third kappa shape index (κ3) is 4.75. The van der Waals surface area contributed by atoms with Gasteiger partial charge in [0.15, 0.2) is 11.5 Å². The molecule has 0 bridgehead atoms. The van der Waals surface area contributed by atoms with E-state index in [2.05, 4.69) is 10.00 Å². The number of aromatic nitrogens is 2. The molecule has 2 aromatic rings. The fraction of sp³-hybridized carbons (Fsp3) is 0.526. The topological polar surface area (TPSA) is 86.1 Å². The summed E-state index contributed by atoms with van der Waals surface area (Å²) in [7, 11) is 0.725. The molecule has 0 aliphatic carbocycles. The van der Waals surface area contributed by atoms with Crippen LogP contribution in [0, 0.1) is 6.92 Å². The number of aryl methyl sites for hydroxylation is 1. The Balaban J connectivity index is 1.70. The molecule has 0 unspecified atom stereocenters. The lowest BCUT2D eigenvalue weighted by Crippen LogP contribution is -2.48. The Morgan fingerprint density at radius 3 is 2.06 bits per heavy atom. The van der Waals surface area contributed by atoms with E-state index in [1.165, 1.54) is 18.3 Å². The van der Waals surface area contributed by atoms with Gasteiger partial charge in [0.05, 0.1) is 33.2 Å². The van der Waals surface area contributed by atoms with E-state index in [1.807, 2.05) is 12.1 Å². The molecular weight excluding hydrogens is 434 g/mol. The van der Waals surface area contributed by atoms with Crippen LogP contribution < -0.4 is 14.2 Å². The highest BCUT2D eigenvalue weighted by molar-refractivity contribution is 7.89. The summed E-state index contributed by atoms with van der Waals surface area (Å²) in [4.78, 5) is 1.91. The van der Waals surface area contributed by atoms with Crippen molar-refractivity contribution < 1.29 is 31.4 Å². The van der Waals surface area contributed by atoms with Gasteiger partial charge in [0.25, 0.3) is 0 Å². The Kier molecular flexibility index (Phi) is 7.02. The summed E-state index contributed by atoms with van der Waals surface area (Å²) in [5.74, 6) is 1.60. The molecular formula is C19H26F2N4O5S. The van der Waals surface area contributed by atoms with Gasteiger partial charge in [0, 0.05) is 32.7 Å². The van der Waals surface area contributed by atoms with Crippen LogP contribution in [-0.4, -0.2) is 74.9 Å². The molecule has 12 heteroatoms. The summed E-state index contributed by atoms with van der Waals surface area (Å²) in [6.07, 6.45) is 0.887. The lowest BCUT2D eigenvalue weighted by molar-refractivity contribution is 0.0561. The van der Waals surface area contributed by atoms with Gasteiger partial charge in [0.2, 0.25) is 15.8 Å². The molecule has 0 atom stereocenters. The highest BCUT2D eigenvalue weighted by Crippen LogP contribution is 2.38. The van der Waals surface area contributed by atoms with Crippen molar-refractivity contribution >= 4 is 10.0 Å². The Morgan fingerprint density at radius 1 is 1.03 bits per heavy atom. The summed E-state index contributed by atoms with van der Waals surface area (Å²) in [6, 6.07) is 3.71. The molecule has 0 radical (unpaired) electrons. The average Bonchev–Trinajstić information content (AvgIpc) is 3.16. The number of ether oxygens (including phenoxy) is 3. The molecule has 172 valence electrons. The lowest BCUT2D eigenvalue weighted by Gasteiger charge is -2.34. The number of sulfonamides is 1. The van der Waals surface area contributed by atoms with Crippen LogP contribution in [-0.2, 0) is 16.6 Å². The van der Waals surface area contributed by atoms with Gasteiger partial charge in [-0.05, 0) is 24.6 Å². The van der Waals surface area contributed by atoms with Gasteiger partial charge < -0.3 is 14.2 Å². The van der Waals surface area contributed by atoms with Crippen molar-refractivity contribution in [2.45, 2.75) is 24.9 Å². The third-order valence-corrected chi connectivity index (χ3v) is 7.15. The van der Waals surface area contributed by atoms with Crippen molar-refractivity contribution in [2.75, 3.05) is 47.5 Å². The van der Waals surface area contributed by atoms with Crippen LogP contribution in [0.25, 0.3) is 0 Å². The molecule has 1 aromatic carbocycles. The highest BCUT2D eigenvalue weighted by Gasteiger charge is 2.32. The van der Waals surface area contributed by atoms with Gasteiger partial charge in [-0.25, -0.2) is 13.1 Å². The summed E-state index contributed by atoms with van der Waals surface area (Å²) in [5, 5.41) is 3.61. The van der Waals surface area contributed by atoms with Gasteiger partial charge in [-0.2, -0.15) is 18.2 Å². The fourth-order valence-corrected chi connectivity index (χ4v) is 5.15. The maximum absolute atomic E-state index is 12.9. The van der Waals surface area contributed by atoms with Crippen molar-refractivity contribution in [3.8, 4) is 17.2 Å². The monoisotopic (exact) mass is 460 g/mol. The second kappa shape index (κ2) is 9.37. The first-order valence-electron chi connectivity index (χ1n) is 9.56. The quantitative estimate of drug-likeness (QED) is 0.597. The van der Waals surface area contributed by atoms with Crippen LogP contribution in [0.2, 0.25) is 0 Å². The summed E-state index contributed by atoms with van der Waals surface area (Å²) in [6.45, 7) is 0.533. The number of benzene rings is 1. The summed E-state index contributed by atoms with van der Waals surface area (Å²) in [5.41, 5.74) is 0.986. The molecule has 1 fully saturated rings. The van der Waals surface area contributed by atoms with Crippen LogP contribution in [0.5, 0.6) is 17.2 Å². The number of halogens is 2. The Morgan fingerprint density at radius 2 is 1.61 bits per heavy atom. The SMILES string of the molecule is COc1cc(CN2CCN(S(=O)(=O)c3cn(C(F)F)nc3C)CC2)cc(OC)c1OC. The molecule has 1 aliphatic rings. The molecule has 0 saturated carbocycles. The molecule has 2 heterocycles. The molecule has 1 aliphatic heterocycles. The van der Waals surface area contributed by atoms with E-state index >= 15 is 0 Å². The van der Waals surface area contributed by atoms with Crippen molar-refractivity contribution in [1.29, 1.82) is 0 Å². The average molecular weight is 461 g/mol. The molecule has 3 rings (SSSR count). The second-order valence-electron chi connectivity index (χ2n) is 7.05. The zero-order valence-electron chi connectivity index (χ0n) is 17.8. The zero-order chi connectivity index (χ0) is 22.8. The van der Waals surface area contributed by atoms with Crippen molar-refractivity contribution in [3.63, 3.8) is 0 Å². The lowest BCUT2D eigenvalue weighted by atomic mass is 10.1. The maximum Gasteiger partial charge on any atom is 0.333 e. The van der Waals surface area contributed by atoms with Gasteiger partial charge in [0.1, 0.15) is 4.90 Å². The fourth-order valence-electron chi connectivity index (χ4n) is 3.57. The second-order valence-corrected chi connectivity index (χ2v) is 8.96. The van der Waals surface area contributed by atoms with Crippen LogP contribution in [0.4, 0.5) is 8.78 Å². The number of piperazine rings is 1. The minimum absolute atomic E-state index is 0.0557. The van der Waals surface area contributed by atoms with E-state index in [0.29, 0.717) is 41.6 Å². The Labute approximate surface area is 180 Å². The van der Waals surface area contributed by atoms with Gasteiger partial charge >= 0.3 is 6.55 Å². The number of methoxy groups -OCH3 is 3. The Bertz CT molecular complexity index is 995. The number of nitrogens with zero attached hydrogens (tertiary/aromatic N) is 4. The molecule has 1 saturated heterocycles. The first kappa shape index (κ1) is 23.2. The minimum Gasteiger partial charge on any atom is -0.493 e. The predicted octanol–water partition coefficient (Wildman–Crippen LogP) is 2.12. The van der Waals surface area contributed by atoms with Crippen molar-refractivity contribution in [3.05, 3.63) is 29.6 Å². The first-order chi connectivity index (χ1) is 14.7. The molecule has 0 spiro atoms. The third-order valence-electron chi connectivity index (χ3n) is 5.15. The van der Waals surface area contributed by atoms with Crippen LogP contribution >= 0.6 is 0 Å². The van der Waals surface area contributed by atoms with E-state index in [9.17, 15) is 17.2 Å². The van der Waals surface area contributed by atoms with Crippen LogP contribution in [0.15, 0.2) is 23.2 Å². The van der Waals surface area contributed by atoms with Gasteiger partial charge in [-0.15, -0.1) is 0 Å². The molecule has 0 amide bonds. The largest absolute Gasteiger partial charge is 0.493 e. The number of rotatable bonds is 8. The van der Waals surface area contributed by atoms with E-state index in [1.54, 1.807) is 14.2 Å². The molecule has 31 heavy (non-hydrogen) atoms. The van der Waals surface area contributed by atoms with Crippen molar-refractivity contribution in [1.82, 2.24) is 19.0 Å². The maximum atomic E-state index is 12.9. The molecule has 9 nitrogen and oxygen atoms in total. The number of hydrogen-bond acceptors (Lipinski definition) is 7. The summed E-state index contributed by atoms with van der Waals surface area (Å²) < 4.78 is 69.3. The smallest absolute Gasteiger partial charge is 0.333 e. The first-order valence-corrected chi connectivity index (χ1v) is 11.0. The van der Waals surface area contributed by atoms with E-state index in [0.717, 1.165) is 11.8 Å². The molecule has 0 N–H and O–H groups in total. The van der Waals surface area contributed by atoms with Gasteiger partial charge in [-0.3, -0.25) is 4.90 Å². The van der Waals surface area contributed by atoms with Crippen LogP contribution in [0.1, 0.15) is 17.8 Å². The predicted molar refractivity (Wildman–Crippen MR) is 108 cm³/mol. The van der Waals surface area contributed by atoms with E-state index in [4.69, 9.17) is 14.2 Å². The minimum atomic E-state index is -3.90. The number of hydrogen-bond donors (Lipinski definition) is 0. The standard InChI is InChI=1S/C19H26F2N4O5S/c1-13-17(12-25(22-13)19(20)21)31(26,27)24-7-5-23(6-8-24)11-14-9-15(28-2)18(30-4)16(10-14)29-3/h9-10,12,19H,5-8,11H2,1-4H3. The Hall–Kier alpha value is -2.44. The van der Waals surface area contributed by atoms with Gasteiger partial charge in [-0.1, -0.05) is 0 Å². The molecule has 1 aromatic heterocycles. The highest BCUT2D eigenvalue weighted by atomic mass is 32.2. The van der Waals surface area contributed by atoms with E-state index in [-0.39, 0.29) is 23.7 Å².